The number of pyridine rings is 1. The Morgan fingerprint density at radius 1 is 0.917 bits per heavy atom. The fourth-order valence-electron chi connectivity index (χ4n) is 2.55. The first-order valence-corrected chi connectivity index (χ1v) is 8.07. The molecule has 0 unspecified atom stereocenters. The Morgan fingerprint density at radius 3 is 1.96 bits per heavy atom. The second-order valence-electron chi connectivity index (χ2n) is 5.52. The number of benzene rings is 2. The van der Waals surface area contributed by atoms with E-state index in [1.54, 1.807) is 12.1 Å². The van der Waals surface area contributed by atoms with Crippen LogP contribution in [0.3, 0.4) is 0 Å². The van der Waals surface area contributed by atoms with Gasteiger partial charge in [-0.25, -0.2) is 4.98 Å². The second-order valence-corrected chi connectivity index (χ2v) is 5.88. The van der Waals surface area contributed by atoms with Crippen molar-refractivity contribution in [3.05, 3.63) is 100 Å². The summed E-state index contributed by atoms with van der Waals surface area (Å²) < 4.78 is 0. The average Bonchev–Trinajstić information content (AvgIpc) is 2.61. The van der Waals surface area contributed by atoms with E-state index < -0.39 is 0 Å². The van der Waals surface area contributed by atoms with Gasteiger partial charge in [-0.3, -0.25) is 4.79 Å². The van der Waals surface area contributed by atoms with Crippen LogP contribution in [0.25, 0.3) is 0 Å². The number of halogens is 1. The predicted octanol–water partition coefficient (Wildman–Crippen LogP) is 4.56. The van der Waals surface area contributed by atoms with Gasteiger partial charge < -0.3 is 5.32 Å². The fraction of sp³-hybridized carbons (Fsp3) is 0.100. The molecule has 120 valence electrons. The van der Waals surface area contributed by atoms with Gasteiger partial charge in [-0.2, -0.15) is 0 Å². The molecule has 0 bridgehead atoms. The lowest BCUT2D eigenvalue weighted by Gasteiger charge is -2.20. The highest BCUT2D eigenvalue weighted by molar-refractivity contribution is 6.32. The highest BCUT2D eigenvalue weighted by atomic mass is 35.5. The molecule has 0 aliphatic heterocycles. The highest BCUT2D eigenvalue weighted by Crippen LogP contribution is 2.23. The largest absolute Gasteiger partial charge is 0.341 e. The summed E-state index contributed by atoms with van der Waals surface area (Å²) in [6, 6.07) is 22.9. The molecule has 0 spiro atoms. The van der Waals surface area contributed by atoms with Gasteiger partial charge in [0.2, 0.25) is 0 Å². The number of nitrogens with one attached hydrogen (secondary N) is 1. The Bertz CT molecular complexity index is 795. The van der Waals surface area contributed by atoms with E-state index in [4.69, 9.17) is 11.6 Å². The minimum absolute atomic E-state index is 0.215. The number of aromatic nitrogens is 1. The minimum atomic E-state index is -0.253. The van der Waals surface area contributed by atoms with Gasteiger partial charge in [0.05, 0.1) is 11.6 Å². The summed E-state index contributed by atoms with van der Waals surface area (Å²) in [6.07, 6.45) is 0. The predicted molar refractivity (Wildman–Crippen MR) is 96.2 cm³/mol. The molecule has 0 aliphatic rings. The van der Waals surface area contributed by atoms with Crippen molar-refractivity contribution >= 4 is 17.5 Å². The van der Waals surface area contributed by atoms with Gasteiger partial charge in [-0.15, -0.1) is 0 Å². The van der Waals surface area contributed by atoms with Gasteiger partial charge in [0.15, 0.2) is 0 Å². The van der Waals surface area contributed by atoms with Crippen LogP contribution in [0.5, 0.6) is 0 Å². The van der Waals surface area contributed by atoms with Gasteiger partial charge in [0.1, 0.15) is 5.15 Å². The zero-order valence-corrected chi connectivity index (χ0v) is 14.0. The smallest absolute Gasteiger partial charge is 0.255 e. The topological polar surface area (TPSA) is 42.0 Å². The molecule has 0 saturated heterocycles. The van der Waals surface area contributed by atoms with E-state index in [0.29, 0.717) is 5.56 Å². The Kier molecular flexibility index (Phi) is 4.92. The number of hydrogen-bond acceptors (Lipinski definition) is 2. The van der Waals surface area contributed by atoms with Gasteiger partial charge in [0, 0.05) is 5.69 Å². The van der Waals surface area contributed by atoms with E-state index in [-0.39, 0.29) is 17.1 Å². The van der Waals surface area contributed by atoms with Crippen LogP contribution in [-0.2, 0) is 0 Å². The standard InChI is InChI=1S/C20H17ClN2O/c1-14-12-13-17(19(21)22-14)20(24)23-18(15-8-4-2-5-9-15)16-10-6-3-7-11-16/h2-13,18H,1H3,(H,23,24). The molecule has 1 N–H and O–H groups in total. The first-order valence-electron chi connectivity index (χ1n) is 7.69. The maximum absolute atomic E-state index is 12.7. The Morgan fingerprint density at radius 2 is 1.46 bits per heavy atom. The number of carbonyl (C=O) groups excluding carboxylic acids is 1. The van der Waals surface area contributed by atoms with Crippen molar-refractivity contribution in [2.75, 3.05) is 0 Å². The van der Waals surface area contributed by atoms with Crippen LogP contribution in [0.4, 0.5) is 0 Å². The SMILES string of the molecule is Cc1ccc(C(=O)NC(c2ccccc2)c2ccccc2)c(Cl)n1. The van der Waals surface area contributed by atoms with Gasteiger partial charge in [-0.05, 0) is 30.2 Å². The number of nitrogens with zero attached hydrogens (tertiary/aromatic N) is 1. The molecule has 3 aromatic rings. The molecule has 0 saturated carbocycles. The summed E-state index contributed by atoms with van der Waals surface area (Å²) in [5, 5.41) is 3.28. The van der Waals surface area contributed by atoms with E-state index in [0.717, 1.165) is 16.8 Å². The number of rotatable bonds is 4. The first-order chi connectivity index (χ1) is 11.6. The molecular formula is C20H17ClN2O. The van der Waals surface area contributed by atoms with Crippen molar-refractivity contribution in [1.82, 2.24) is 10.3 Å². The number of carbonyl (C=O) groups is 1. The summed E-state index contributed by atoms with van der Waals surface area (Å²) in [5.41, 5.74) is 3.17. The summed E-state index contributed by atoms with van der Waals surface area (Å²) in [6.45, 7) is 1.84. The third-order valence-corrected chi connectivity index (χ3v) is 4.06. The number of hydrogen-bond donors (Lipinski definition) is 1. The zero-order chi connectivity index (χ0) is 16.9. The van der Waals surface area contributed by atoms with Crippen molar-refractivity contribution in [2.24, 2.45) is 0 Å². The molecule has 0 radical (unpaired) electrons. The van der Waals surface area contributed by atoms with E-state index in [1.165, 1.54) is 0 Å². The molecule has 0 aliphatic carbocycles. The Balaban J connectivity index is 1.94. The van der Waals surface area contributed by atoms with Crippen molar-refractivity contribution in [2.45, 2.75) is 13.0 Å². The minimum Gasteiger partial charge on any atom is -0.341 e. The molecule has 1 amide bonds. The Labute approximate surface area is 146 Å². The van der Waals surface area contributed by atoms with Crippen molar-refractivity contribution in [3.63, 3.8) is 0 Å². The van der Waals surface area contributed by atoms with Crippen molar-refractivity contribution in [3.8, 4) is 0 Å². The highest BCUT2D eigenvalue weighted by Gasteiger charge is 2.19. The van der Waals surface area contributed by atoms with Gasteiger partial charge >= 0.3 is 0 Å². The lowest BCUT2D eigenvalue weighted by atomic mass is 9.98. The summed E-state index contributed by atoms with van der Waals surface area (Å²) in [4.78, 5) is 16.9. The third-order valence-electron chi connectivity index (χ3n) is 3.77. The van der Waals surface area contributed by atoms with Crippen LogP contribution >= 0.6 is 11.6 Å². The molecule has 1 aromatic heterocycles. The van der Waals surface area contributed by atoms with E-state index in [9.17, 15) is 4.79 Å². The van der Waals surface area contributed by atoms with Crippen LogP contribution in [0, 0.1) is 6.92 Å². The maximum Gasteiger partial charge on any atom is 0.255 e. The molecule has 0 atom stereocenters. The number of amides is 1. The summed E-state index contributed by atoms with van der Waals surface area (Å²) >= 11 is 6.13. The maximum atomic E-state index is 12.7. The molecule has 3 nitrogen and oxygen atoms in total. The lowest BCUT2D eigenvalue weighted by molar-refractivity contribution is 0.0943. The molecule has 1 heterocycles. The van der Waals surface area contributed by atoms with Crippen LogP contribution < -0.4 is 5.32 Å². The fourth-order valence-corrected chi connectivity index (χ4v) is 2.84. The molecule has 0 fully saturated rings. The monoisotopic (exact) mass is 336 g/mol. The second kappa shape index (κ2) is 7.28. The van der Waals surface area contributed by atoms with Crippen molar-refractivity contribution < 1.29 is 4.79 Å². The van der Waals surface area contributed by atoms with Crippen LogP contribution in [-0.4, -0.2) is 10.9 Å². The van der Waals surface area contributed by atoms with Crippen molar-refractivity contribution in [1.29, 1.82) is 0 Å². The van der Waals surface area contributed by atoms with Gasteiger partial charge in [0.25, 0.3) is 5.91 Å². The number of aryl methyl sites for hydroxylation is 1. The first kappa shape index (κ1) is 16.2. The lowest BCUT2D eigenvalue weighted by Crippen LogP contribution is -2.29. The van der Waals surface area contributed by atoms with E-state index >= 15 is 0 Å². The quantitative estimate of drug-likeness (QED) is 0.709. The average molecular weight is 337 g/mol. The van der Waals surface area contributed by atoms with Crippen LogP contribution in [0.2, 0.25) is 5.15 Å². The zero-order valence-electron chi connectivity index (χ0n) is 13.2. The Hall–Kier alpha value is -2.65. The molecular weight excluding hydrogens is 320 g/mol. The molecule has 24 heavy (non-hydrogen) atoms. The van der Waals surface area contributed by atoms with E-state index in [1.807, 2.05) is 67.6 Å². The summed E-state index contributed by atoms with van der Waals surface area (Å²) in [7, 11) is 0. The van der Waals surface area contributed by atoms with E-state index in [2.05, 4.69) is 10.3 Å². The molecule has 2 aromatic carbocycles. The van der Waals surface area contributed by atoms with Crippen LogP contribution in [0.15, 0.2) is 72.8 Å². The molecule has 4 heteroatoms. The third kappa shape index (κ3) is 3.63. The molecule has 3 rings (SSSR count). The van der Waals surface area contributed by atoms with Gasteiger partial charge in [-0.1, -0.05) is 72.3 Å². The summed E-state index contributed by atoms with van der Waals surface area (Å²) in [5.74, 6) is -0.245. The van der Waals surface area contributed by atoms with Crippen LogP contribution in [0.1, 0.15) is 33.2 Å². The normalized spacial score (nSPS) is 10.6.